The van der Waals surface area contributed by atoms with Crippen molar-refractivity contribution in [3.05, 3.63) is 16.5 Å². The minimum Gasteiger partial charge on any atom is -0.339 e. The third kappa shape index (κ3) is 6.30. The number of thiophene rings is 1. The summed E-state index contributed by atoms with van der Waals surface area (Å²) in [5, 5.41) is 0. The molecule has 7 nitrogen and oxygen atoms in total. The topological polar surface area (TPSA) is 64.2 Å². The Morgan fingerprint density at radius 1 is 1.00 bits per heavy atom. The lowest BCUT2D eigenvalue weighted by atomic mass is 10.3. The number of carbonyl (C=O) groups excluding carboxylic acids is 1. The lowest BCUT2D eigenvalue weighted by Crippen LogP contribution is -2.52. The molecule has 3 rings (SSSR count). The van der Waals surface area contributed by atoms with E-state index >= 15 is 0 Å². The first kappa shape index (κ1) is 23.7. The number of halogens is 4. The van der Waals surface area contributed by atoms with Crippen molar-refractivity contribution in [1.29, 1.82) is 0 Å². The molecule has 0 saturated carbocycles. The molecule has 0 bridgehead atoms. The van der Waals surface area contributed by atoms with Gasteiger partial charge in [-0.1, -0.05) is 11.6 Å². The van der Waals surface area contributed by atoms with Crippen molar-refractivity contribution < 1.29 is 26.4 Å². The van der Waals surface area contributed by atoms with Crippen LogP contribution in [0.5, 0.6) is 0 Å². The molecule has 2 aliphatic rings. The molecule has 0 spiro atoms. The van der Waals surface area contributed by atoms with Crippen LogP contribution < -0.4 is 0 Å². The minimum atomic E-state index is -4.22. The Morgan fingerprint density at radius 3 is 2.23 bits per heavy atom. The molecular formula is C17H24ClF3N4O3S2. The molecule has 30 heavy (non-hydrogen) atoms. The van der Waals surface area contributed by atoms with E-state index in [0.29, 0.717) is 30.4 Å². The van der Waals surface area contributed by atoms with Crippen LogP contribution in [0, 0.1) is 0 Å². The Kier molecular flexibility index (Phi) is 7.67. The van der Waals surface area contributed by atoms with Crippen LogP contribution in [0.15, 0.2) is 16.3 Å². The first-order chi connectivity index (χ1) is 14.0. The molecule has 0 radical (unpaired) electrons. The van der Waals surface area contributed by atoms with Gasteiger partial charge >= 0.3 is 6.18 Å². The van der Waals surface area contributed by atoms with E-state index in [1.165, 1.54) is 21.3 Å². The number of sulfonamides is 1. The molecule has 170 valence electrons. The highest BCUT2D eigenvalue weighted by atomic mass is 35.5. The largest absolute Gasteiger partial charge is 0.401 e. The second-order valence-corrected chi connectivity index (χ2v) is 11.2. The van der Waals surface area contributed by atoms with Gasteiger partial charge in [-0.3, -0.25) is 14.6 Å². The van der Waals surface area contributed by atoms with E-state index in [1.807, 2.05) is 4.90 Å². The quantitative estimate of drug-likeness (QED) is 0.632. The maximum absolute atomic E-state index is 12.6. The highest BCUT2D eigenvalue weighted by Crippen LogP contribution is 2.28. The van der Waals surface area contributed by atoms with Gasteiger partial charge in [-0.2, -0.15) is 17.5 Å². The van der Waals surface area contributed by atoms with Crippen molar-refractivity contribution in [3.63, 3.8) is 0 Å². The van der Waals surface area contributed by atoms with Gasteiger partial charge in [-0.25, -0.2) is 8.42 Å². The van der Waals surface area contributed by atoms with E-state index < -0.39 is 22.7 Å². The third-order valence-electron chi connectivity index (χ3n) is 5.18. The average molecular weight is 489 g/mol. The fourth-order valence-electron chi connectivity index (χ4n) is 3.63. The smallest absolute Gasteiger partial charge is 0.339 e. The molecule has 1 aromatic heterocycles. The van der Waals surface area contributed by atoms with Crippen LogP contribution >= 0.6 is 22.9 Å². The summed E-state index contributed by atoms with van der Waals surface area (Å²) < 4.78 is 64.9. The zero-order chi connectivity index (χ0) is 21.9. The third-order valence-corrected chi connectivity index (χ3v) is 8.77. The molecule has 0 aromatic carbocycles. The van der Waals surface area contributed by atoms with Crippen molar-refractivity contribution in [2.24, 2.45) is 0 Å². The van der Waals surface area contributed by atoms with E-state index in [1.54, 1.807) is 4.90 Å². The molecule has 0 atom stereocenters. The van der Waals surface area contributed by atoms with Crippen LogP contribution in [-0.4, -0.2) is 105 Å². The van der Waals surface area contributed by atoms with Crippen LogP contribution in [0.4, 0.5) is 13.2 Å². The Bertz CT molecular complexity index is 842. The molecule has 0 unspecified atom stereocenters. The van der Waals surface area contributed by atoms with Crippen LogP contribution in [0.3, 0.4) is 0 Å². The highest BCUT2D eigenvalue weighted by molar-refractivity contribution is 7.91. The summed E-state index contributed by atoms with van der Waals surface area (Å²) in [5.41, 5.74) is 0. The monoisotopic (exact) mass is 488 g/mol. The van der Waals surface area contributed by atoms with Gasteiger partial charge in [0.25, 0.3) is 10.0 Å². The summed E-state index contributed by atoms with van der Waals surface area (Å²) in [6.07, 6.45) is -3.65. The number of hydrogen-bond acceptors (Lipinski definition) is 6. The molecule has 1 amide bonds. The number of nitrogens with zero attached hydrogens (tertiary/aromatic N) is 4. The normalized spacial score (nSPS) is 21.0. The second-order valence-electron chi connectivity index (χ2n) is 7.36. The number of piperazine rings is 1. The van der Waals surface area contributed by atoms with Gasteiger partial charge in [0.2, 0.25) is 5.91 Å². The highest BCUT2D eigenvalue weighted by Gasteiger charge is 2.33. The summed E-state index contributed by atoms with van der Waals surface area (Å²) in [6, 6.07) is 3.01. The number of alkyl halides is 3. The fourth-order valence-corrected chi connectivity index (χ4v) is 6.69. The molecule has 2 fully saturated rings. The van der Waals surface area contributed by atoms with Gasteiger partial charge in [0.15, 0.2) is 0 Å². The van der Waals surface area contributed by atoms with E-state index in [-0.39, 0.29) is 49.4 Å². The molecule has 0 aliphatic carbocycles. The Hall–Kier alpha value is -0.920. The molecule has 13 heteroatoms. The van der Waals surface area contributed by atoms with Crippen LogP contribution in [0.2, 0.25) is 4.34 Å². The van der Waals surface area contributed by atoms with Crippen molar-refractivity contribution in [2.45, 2.75) is 16.8 Å². The van der Waals surface area contributed by atoms with Crippen LogP contribution in [0.25, 0.3) is 0 Å². The summed E-state index contributed by atoms with van der Waals surface area (Å²) >= 11 is 6.83. The summed E-state index contributed by atoms with van der Waals surface area (Å²) in [7, 11) is -3.62. The summed E-state index contributed by atoms with van der Waals surface area (Å²) in [4.78, 5) is 17.5. The van der Waals surface area contributed by atoms with Gasteiger partial charge < -0.3 is 4.90 Å². The Labute approximate surface area is 183 Å². The maximum atomic E-state index is 12.6. The SMILES string of the molecule is O=C(CN1CCCN(CC(F)(F)F)CC1)N1CCN(S(=O)(=O)c2ccc(Cl)s2)CC1. The predicted molar refractivity (Wildman–Crippen MR) is 108 cm³/mol. The van der Waals surface area contributed by atoms with Gasteiger partial charge in [-0.15, -0.1) is 11.3 Å². The maximum Gasteiger partial charge on any atom is 0.401 e. The predicted octanol–water partition coefficient (Wildman–Crippen LogP) is 1.80. The van der Waals surface area contributed by atoms with E-state index in [9.17, 15) is 26.4 Å². The fraction of sp³-hybridized carbons (Fsp3) is 0.706. The van der Waals surface area contributed by atoms with Gasteiger partial charge in [0.1, 0.15) is 4.21 Å². The molecular weight excluding hydrogens is 465 g/mol. The van der Waals surface area contributed by atoms with Crippen molar-refractivity contribution in [2.75, 3.05) is 65.4 Å². The van der Waals surface area contributed by atoms with Gasteiger partial charge in [0, 0.05) is 39.3 Å². The average Bonchev–Trinajstić information content (AvgIpc) is 3.00. The number of carbonyl (C=O) groups is 1. The van der Waals surface area contributed by atoms with E-state index in [4.69, 9.17) is 11.6 Å². The Balaban J connectivity index is 1.47. The number of amides is 1. The molecule has 0 N–H and O–H groups in total. The number of rotatable bonds is 5. The molecule has 2 saturated heterocycles. The first-order valence-electron chi connectivity index (χ1n) is 9.59. The molecule has 1 aromatic rings. The van der Waals surface area contributed by atoms with Crippen molar-refractivity contribution in [3.8, 4) is 0 Å². The standard InChI is InChI=1S/C17H24ClF3N4O3S2/c18-14-2-3-16(29-14)30(27,28)25-10-8-24(9-11-25)15(26)12-22-4-1-5-23(7-6-22)13-17(19,20)21/h2-3H,1,4-13H2. The zero-order valence-corrected chi connectivity index (χ0v) is 18.7. The lowest BCUT2D eigenvalue weighted by molar-refractivity contribution is -0.145. The number of hydrogen-bond donors (Lipinski definition) is 0. The van der Waals surface area contributed by atoms with Crippen LogP contribution in [-0.2, 0) is 14.8 Å². The molecule has 3 heterocycles. The van der Waals surface area contributed by atoms with Gasteiger partial charge in [0.05, 0.1) is 17.4 Å². The summed E-state index contributed by atoms with van der Waals surface area (Å²) in [6.45, 7) is 1.74. The zero-order valence-electron chi connectivity index (χ0n) is 16.3. The molecule has 2 aliphatic heterocycles. The first-order valence-corrected chi connectivity index (χ1v) is 12.2. The second kappa shape index (κ2) is 9.70. The summed E-state index contributed by atoms with van der Waals surface area (Å²) in [5.74, 6) is -0.129. The minimum absolute atomic E-state index is 0.129. The Morgan fingerprint density at radius 2 is 1.63 bits per heavy atom. The van der Waals surface area contributed by atoms with Crippen LogP contribution in [0.1, 0.15) is 6.42 Å². The van der Waals surface area contributed by atoms with Crippen molar-refractivity contribution >= 4 is 38.9 Å². The van der Waals surface area contributed by atoms with E-state index in [2.05, 4.69) is 0 Å². The van der Waals surface area contributed by atoms with Crippen molar-refractivity contribution in [1.82, 2.24) is 19.0 Å². The van der Waals surface area contributed by atoms with Gasteiger partial charge in [-0.05, 0) is 31.6 Å². The lowest BCUT2D eigenvalue weighted by Gasteiger charge is -2.34. The van der Waals surface area contributed by atoms with E-state index in [0.717, 1.165) is 11.3 Å².